The number of nitrogens with zero attached hydrogens (tertiary/aromatic N) is 3. The molecule has 1 aliphatic heterocycles. The van der Waals surface area contributed by atoms with Gasteiger partial charge in [-0.3, -0.25) is 14.3 Å². The van der Waals surface area contributed by atoms with Crippen LogP contribution in [0, 0.1) is 5.92 Å². The second kappa shape index (κ2) is 10.9. The number of anilines is 1. The van der Waals surface area contributed by atoms with Crippen molar-refractivity contribution in [2.75, 3.05) is 18.5 Å². The minimum Gasteiger partial charge on any atom is -0.490 e. The van der Waals surface area contributed by atoms with Gasteiger partial charge < -0.3 is 19.7 Å². The molecule has 1 aromatic heterocycles. The van der Waals surface area contributed by atoms with Crippen LogP contribution >= 0.6 is 12.4 Å². The second-order valence-electron chi connectivity index (χ2n) is 7.57. The van der Waals surface area contributed by atoms with Gasteiger partial charge in [0.25, 0.3) is 5.91 Å². The number of nitrogens with one attached hydrogen (secondary N) is 1. The van der Waals surface area contributed by atoms with Gasteiger partial charge in [0.15, 0.2) is 17.3 Å². The number of halogens is 1. The van der Waals surface area contributed by atoms with Gasteiger partial charge in [-0.15, -0.1) is 12.4 Å². The maximum atomic E-state index is 13.0. The van der Waals surface area contributed by atoms with E-state index in [0.717, 1.165) is 0 Å². The SMILES string of the molecule is CCOc1ccccc1OC1=CC(=O)N([C@@H](CC(C)C)C(=O)Nc2ccn(C)n2)C1.Cl. The summed E-state index contributed by atoms with van der Waals surface area (Å²) in [6, 6.07) is 8.40. The van der Waals surface area contributed by atoms with E-state index < -0.39 is 6.04 Å². The highest BCUT2D eigenvalue weighted by Crippen LogP contribution is 2.30. The fraction of sp³-hybridized carbons (Fsp3) is 0.409. The molecule has 1 N–H and O–H groups in total. The second-order valence-corrected chi connectivity index (χ2v) is 7.57. The number of aromatic nitrogens is 2. The number of para-hydroxylation sites is 2. The van der Waals surface area contributed by atoms with Crippen molar-refractivity contribution in [1.29, 1.82) is 0 Å². The number of carbonyl (C=O) groups excluding carboxylic acids is 2. The summed E-state index contributed by atoms with van der Waals surface area (Å²) in [5.74, 6) is 1.79. The molecule has 0 unspecified atom stereocenters. The topological polar surface area (TPSA) is 85.7 Å². The van der Waals surface area contributed by atoms with Crippen LogP contribution in [0.1, 0.15) is 27.2 Å². The van der Waals surface area contributed by atoms with Crippen molar-refractivity contribution in [2.45, 2.75) is 33.2 Å². The molecule has 0 fully saturated rings. The molecule has 2 heterocycles. The Morgan fingerprint density at radius 3 is 2.55 bits per heavy atom. The third-order valence-electron chi connectivity index (χ3n) is 4.62. The van der Waals surface area contributed by atoms with Crippen molar-refractivity contribution in [2.24, 2.45) is 13.0 Å². The summed E-state index contributed by atoms with van der Waals surface area (Å²) in [6.45, 7) is 6.66. The fourth-order valence-electron chi connectivity index (χ4n) is 3.30. The summed E-state index contributed by atoms with van der Waals surface area (Å²) in [6.07, 6.45) is 3.71. The van der Waals surface area contributed by atoms with Gasteiger partial charge in [0, 0.05) is 25.4 Å². The minimum absolute atomic E-state index is 0. The number of rotatable bonds is 9. The van der Waals surface area contributed by atoms with Gasteiger partial charge in [-0.25, -0.2) is 0 Å². The zero-order valence-corrected chi connectivity index (χ0v) is 19.0. The standard InChI is InChI=1S/C22H28N4O4.ClH/c1-5-29-18-8-6-7-9-19(18)30-16-13-21(27)26(14-16)17(12-15(2)3)22(28)23-20-10-11-25(4)24-20;/h6-11,13,15,17H,5,12,14H2,1-4H3,(H,23,24,28);1H/t17-;/m0./s1. The lowest BCUT2D eigenvalue weighted by Crippen LogP contribution is -2.46. The molecule has 0 radical (unpaired) electrons. The van der Waals surface area contributed by atoms with Gasteiger partial charge in [-0.05, 0) is 31.4 Å². The van der Waals surface area contributed by atoms with Crippen molar-refractivity contribution in [3.05, 3.63) is 48.4 Å². The third kappa shape index (κ3) is 6.24. The van der Waals surface area contributed by atoms with Gasteiger partial charge in [-0.1, -0.05) is 26.0 Å². The average Bonchev–Trinajstić information content (AvgIpc) is 3.26. The molecule has 0 spiro atoms. The smallest absolute Gasteiger partial charge is 0.251 e. The molecular weight excluding hydrogens is 420 g/mol. The molecule has 168 valence electrons. The number of carbonyl (C=O) groups is 2. The van der Waals surface area contributed by atoms with Crippen LogP contribution in [-0.4, -0.2) is 45.7 Å². The first-order valence-corrected chi connectivity index (χ1v) is 10.1. The van der Waals surface area contributed by atoms with Crippen molar-refractivity contribution in [3.8, 4) is 11.5 Å². The maximum Gasteiger partial charge on any atom is 0.251 e. The van der Waals surface area contributed by atoms with E-state index in [-0.39, 0.29) is 36.7 Å². The lowest BCUT2D eigenvalue weighted by molar-refractivity contribution is -0.133. The Morgan fingerprint density at radius 1 is 1.23 bits per heavy atom. The Morgan fingerprint density at radius 2 is 1.94 bits per heavy atom. The fourth-order valence-corrected chi connectivity index (χ4v) is 3.30. The molecule has 31 heavy (non-hydrogen) atoms. The van der Waals surface area contributed by atoms with E-state index in [9.17, 15) is 9.59 Å². The quantitative estimate of drug-likeness (QED) is 0.635. The van der Waals surface area contributed by atoms with Crippen LogP contribution in [0.5, 0.6) is 11.5 Å². The Labute approximate surface area is 188 Å². The van der Waals surface area contributed by atoms with E-state index in [0.29, 0.717) is 36.1 Å². The van der Waals surface area contributed by atoms with Gasteiger partial charge in [0.2, 0.25) is 5.91 Å². The minimum atomic E-state index is -0.626. The maximum absolute atomic E-state index is 13.0. The summed E-state index contributed by atoms with van der Waals surface area (Å²) in [4.78, 5) is 27.2. The predicted octanol–water partition coefficient (Wildman–Crippen LogP) is 3.40. The van der Waals surface area contributed by atoms with E-state index in [4.69, 9.17) is 9.47 Å². The molecule has 0 bridgehead atoms. The average molecular weight is 449 g/mol. The van der Waals surface area contributed by atoms with Crippen LogP contribution in [0.2, 0.25) is 0 Å². The molecule has 2 amide bonds. The Bertz CT molecular complexity index is 941. The third-order valence-corrected chi connectivity index (χ3v) is 4.62. The number of amides is 2. The van der Waals surface area contributed by atoms with E-state index in [1.807, 2.05) is 39.0 Å². The molecule has 0 aliphatic carbocycles. The van der Waals surface area contributed by atoms with Gasteiger partial charge in [0.1, 0.15) is 11.8 Å². The van der Waals surface area contributed by atoms with Crippen LogP contribution in [-0.2, 0) is 16.6 Å². The summed E-state index contributed by atoms with van der Waals surface area (Å²) in [5.41, 5.74) is 0. The number of benzene rings is 1. The first-order valence-electron chi connectivity index (χ1n) is 10.1. The molecule has 3 rings (SSSR count). The molecule has 8 nitrogen and oxygen atoms in total. The highest BCUT2D eigenvalue weighted by Gasteiger charge is 2.35. The summed E-state index contributed by atoms with van der Waals surface area (Å²) in [7, 11) is 1.78. The van der Waals surface area contributed by atoms with Crippen LogP contribution in [0.25, 0.3) is 0 Å². The monoisotopic (exact) mass is 448 g/mol. The van der Waals surface area contributed by atoms with Gasteiger partial charge in [0.05, 0.1) is 13.2 Å². The lowest BCUT2D eigenvalue weighted by atomic mass is 10.0. The number of hydrogen-bond donors (Lipinski definition) is 1. The number of aryl methyl sites for hydroxylation is 1. The van der Waals surface area contributed by atoms with Crippen molar-refractivity contribution >= 4 is 30.0 Å². The normalized spacial score (nSPS) is 14.2. The first kappa shape index (κ1) is 24.3. The molecule has 2 aromatic rings. The van der Waals surface area contributed by atoms with Crippen LogP contribution < -0.4 is 14.8 Å². The number of hydrogen-bond acceptors (Lipinski definition) is 5. The molecule has 0 saturated heterocycles. The van der Waals surface area contributed by atoms with Crippen molar-refractivity contribution < 1.29 is 19.1 Å². The number of ether oxygens (including phenoxy) is 2. The van der Waals surface area contributed by atoms with Crippen molar-refractivity contribution in [1.82, 2.24) is 14.7 Å². The molecular formula is C22H29ClN4O4. The first-order chi connectivity index (χ1) is 14.4. The van der Waals surface area contributed by atoms with Crippen LogP contribution in [0.3, 0.4) is 0 Å². The summed E-state index contributed by atoms with van der Waals surface area (Å²) in [5, 5.41) is 6.99. The van der Waals surface area contributed by atoms with Gasteiger partial charge >= 0.3 is 0 Å². The molecule has 1 aliphatic rings. The molecule has 1 atom stereocenters. The van der Waals surface area contributed by atoms with E-state index >= 15 is 0 Å². The zero-order valence-electron chi connectivity index (χ0n) is 18.2. The van der Waals surface area contributed by atoms with E-state index in [1.165, 1.54) is 11.0 Å². The predicted molar refractivity (Wildman–Crippen MR) is 120 cm³/mol. The molecule has 1 aromatic carbocycles. The Hall–Kier alpha value is -3.00. The van der Waals surface area contributed by atoms with Crippen molar-refractivity contribution in [3.63, 3.8) is 0 Å². The van der Waals surface area contributed by atoms with Crippen LogP contribution in [0.4, 0.5) is 5.82 Å². The zero-order chi connectivity index (χ0) is 21.7. The molecule has 9 heteroatoms. The van der Waals surface area contributed by atoms with E-state index in [1.54, 1.807) is 30.1 Å². The highest BCUT2D eigenvalue weighted by molar-refractivity contribution is 5.99. The summed E-state index contributed by atoms with van der Waals surface area (Å²) >= 11 is 0. The highest BCUT2D eigenvalue weighted by atomic mass is 35.5. The Balaban J connectivity index is 0.00000341. The summed E-state index contributed by atoms with van der Waals surface area (Å²) < 4.78 is 13.1. The molecule has 0 saturated carbocycles. The largest absolute Gasteiger partial charge is 0.490 e. The van der Waals surface area contributed by atoms with Crippen LogP contribution in [0.15, 0.2) is 48.4 Å². The lowest BCUT2D eigenvalue weighted by Gasteiger charge is -2.28. The Kier molecular flexibility index (Phi) is 8.50. The van der Waals surface area contributed by atoms with E-state index in [2.05, 4.69) is 10.4 Å². The van der Waals surface area contributed by atoms with Gasteiger partial charge in [-0.2, -0.15) is 5.10 Å².